The highest BCUT2D eigenvalue weighted by atomic mass is 79.9. The van der Waals surface area contributed by atoms with Gasteiger partial charge in [0, 0.05) is 24.5 Å². The van der Waals surface area contributed by atoms with Gasteiger partial charge in [-0.2, -0.15) is 4.31 Å². The first-order valence-electron chi connectivity index (χ1n) is 5.45. The topological polar surface area (TPSA) is 63.4 Å². The van der Waals surface area contributed by atoms with Gasteiger partial charge in [-0.3, -0.25) is 0 Å². The summed E-state index contributed by atoms with van der Waals surface area (Å²) in [5, 5.41) is 0. The van der Waals surface area contributed by atoms with Gasteiger partial charge in [0.25, 0.3) is 0 Å². The van der Waals surface area contributed by atoms with Crippen LogP contribution in [0.3, 0.4) is 0 Å². The Hall–Kier alpha value is -0.210. The predicted molar refractivity (Wildman–Crippen MR) is 79.2 cm³/mol. The Morgan fingerprint density at radius 3 is 2.61 bits per heavy atom. The summed E-state index contributed by atoms with van der Waals surface area (Å²) in [5.74, 6) is 0. The van der Waals surface area contributed by atoms with E-state index in [1.54, 1.807) is 6.07 Å². The Bertz CT molecular complexity index is 537. The SMILES string of the molecule is C=C(C)CN(CC)S(=O)(=O)c1cc(CN)sc1Br. The van der Waals surface area contributed by atoms with E-state index in [2.05, 4.69) is 22.5 Å². The molecule has 0 amide bonds. The van der Waals surface area contributed by atoms with Crippen molar-refractivity contribution in [1.82, 2.24) is 4.31 Å². The van der Waals surface area contributed by atoms with Crippen molar-refractivity contribution in [2.24, 2.45) is 5.73 Å². The molecule has 18 heavy (non-hydrogen) atoms. The Kier molecular flexibility index (Phi) is 5.54. The number of nitrogens with two attached hydrogens (primary N) is 1. The molecule has 0 aliphatic carbocycles. The van der Waals surface area contributed by atoms with Gasteiger partial charge in [0.05, 0.1) is 3.79 Å². The first-order valence-corrected chi connectivity index (χ1v) is 8.50. The van der Waals surface area contributed by atoms with Gasteiger partial charge < -0.3 is 5.73 Å². The zero-order valence-corrected chi connectivity index (χ0v) is 13.7. The number of likely N-dealkylation sites (N-methyl/N-ethyl adjacent to an activating group) is 1. The van der Waals surface area contributed by atoms with Crippen LogP contribution < -0.4 is 5.73 Å². The van der Waals surface area contributed by atoms with E-state index in [1.165, 1.54) is 15.6 Å². The van der Waals surface area contributed by atoms with E-state index in [1.807, 2.05) is 13.8 Å². The lowest BCUT2D eigenvalue weighted by Gasteiger charge is -2.20. The third-order valence-electron chi connectivity index (χ3n) is 2.32. The molecule has 7 heteroatoms. The maximum atomic E-state index is 12.5. The van der Waals surface area contributed by atoms with E-state index < -0.39 is 10.0 Å². The minimum Gasteiger partial charge on any atom is -0.326 e. The van der Waals surface area contributed by atoms with Crippen LogP contribution in [0.5, 0.6) is 0 Å². The summed E-state index contributed by atoms with van der Waals surface area (Å²) in [4.78, 5) is 1.13. The van der Waals surface area contributed by atoms with Crippen molar-refractivity contribution in [3.8, 4) is 0 Å². The van der Waals surface area contributed by atoms with Crippen molar-refractivity contribution in [2.45, 2.75) is 25.3 Å². The second-order valence-electron chi connectivity index (χ2n) is 3.94. The maximum Gasteiger partial charge on any atom is 0.245 e. The van der Waals surface area contributed by atoms with Crippen LogP contribution in [0.2, 0.25) is 0 Å². The Morgan fingerprint density at radius 2 is 2.22 bits per heavy atom. The summed E-state index contributed by atoms with van der Waals surface area (Å²) in [5.41, 5.74) is 6.34. The quantitative estimate of drug-likeness (QED) is 0.800. The van der Waals surface area contributed by atoms with Crippen molar-refractivity contribution < 1.29 is 8.42 Å². The lowest BCUT2D eigenvalue weighted by Crippen LogP contribution is -2.32. The maximum absolute atomic E-state index is 12.5. The molecule has 1 aromatic rings. The molecular weight excluding hydrogens is 336 g/mol. The standard InChI is InChI=1S/C11H17BrN2O2S2/c1-4-14(7-8(2)3)18(15,16)10-5-9(6-13)17-11(10)12/h5H,2,4,6-7,13H2,1,3H3. The van der Waals surface area contributed by atoms with Crippen LogP contribution in [-0.4, -0.2) is 25.8 Å². The van der Waals surface area contributed by atoms with E-state index in [4.69, 9.17) is 5.73 Å². The molecule has 0 aliphatic rings. The second-order valence-corrected chi connectivity index (χ2v) is 8.30. The zero-order valence-electron chi connectivity index (χ0n) is 10.4. The van der Waals surface area contributed by atoms with Crippen LogP contribution >= 0.6 is 27.3 Å². The van der Waals surface area contributed by atoms with Crippen molar-refractivity contribution in [2.75, 3.05) is 13.1 Å². The Balaban J connectivity index is 3.18. The van der Waals surface area contributed by atoms with Crippen LogP contribution in [0.15, 0.2) is 26.9 Å². The van der Waals surface area contributed by atoms with Gasteiger partial charge in [-0.15, -0.1) is 11.3 Å². The first-order chi connectivity index (χ1) is 8.32. The number of rotatable bonds is 6. The molecular formula is C11H17BrN2O2S2. The molecule has 4 nitrogen and oxygen atoms in total. The van der Waals surface area contributed by atoms with Gasteiger partial charge in [0.1, 0.15) is 4.90 Å². The normalized spacial score (nSPS) is 12.1. The van der Waals surface area contributed by atoms with Gasteiger partial charge in [-0.05, 0) is 28.9 Å². The third-order valence-corrected chi connectivity index (χ3v) is 6.52. The molecule has 0 saturated heterocycles. The summed E-state index contributed by atoms with van der Waals surface area (Å²) in [6.45, 7) is 8.46. The molecule has 0 aromatic carbocycles. The van der Waals surface area contributed by atoms with E-state index in [0.29, 0.717) is 23.4 Å². The summed E-state index contributed by atoms with van der Waals surface area (Å²) >= 11 is 4.64. The monoisotopic (exact) mass is 352 g/mol. The average Bonchev–Trinajstić information content (AvgIpc) is 2.67. The minimum absolute atomic E-state index is 0.288. The zero-order chi connectivity index (χ0) is 13.9. The molecule has 0 spiro atoms. The molecule has 102 valence electrons. The molecule has 0 unspecified atom stereocenters. The van der Waals surface area contributed by atoms with Crippen molar-refractivity contribution in [3.05, 3.63) is 26.9 Å². The fourth-order valence-corrected chi connectivity index (χ4v) is 5.50. The molecule has 2 N–H and O–H groups in total. The summed E-state index contributed by atoms with van der Waals surface area (Å²) in [6.07, 6.45) is 0. The van der Waals surface area contributed by atoms with Crippen LogP contribution in [-0.2, 0) is 16.6 Å². The number of thiophene rings is 1. The molecule has 0 saturated carbocycles. The van der Waals surface area contributed by atoms with Gasteiger partial charge in [-0.1, -0.05) is 19.1 Å². The largest absolute Gasteiger partial charge is 0.326 e. The van der Waals surface area contributed by atoms with Gasteiger partial charge in [0.15, 0.2) is 0 Å². The highest BCUT2D eigenvalue weighted by molar-refractivity contribution is 9.11. The number of hydrogen-bond donors (Lipinski definition) is 1. The van der Waals surface area contributed by atoms with Crippen LogP contribution in [0.25, 0.3) is 0 Å². The molecule has 0 fully saturated rings. The van der Waals surface area contributed by atoms with Crippen molar-refractivity contribution in [3.63, 3.8) is 0 Å². The van der Waals surface area contributed by atoms with E-state index >= 15 is 0 Å². The van der Waals surface area contributed by atoms with Gasteiger partial charge in [0.2, 0.25) is 10.0 Å². The second kappa shape index (κ2) is 6.29. The molecule has 0 aliphatic heterocycles. The average molecular weight is 353 g/mol. The number of sulfonamides is 1. The molecule has 0 bridgehead atoms. The summed E-state index contributed by atoms with van der Waals surface area (Å²) in [7, 11) is -3.49. The fraction of sp³-hybridized carbons (Fsp3) is 0.455. The van der Waals surface area contributed by atoms with Crippen molar-refractivity contribution in [1.29, 1.82) is 0 Å². The number of hydrogen-bond acceptors (Lipinski definition) is 4. The molecule has 0 atom stereocenters. The summed E-state index contributed by atoms with van der Waals surface area (Å²) in [6, 6.07) is 1.63. The summed E-state index contributed by atoms with van der Waals surface area (Å²) < 4.78 is 26.9. The van der Waals surface area contributed by atoms with Crippen LogP contribution in [0, 0.1) is 0 Å². The molecule has 1 aromatic heterocycles. The number of halogens is 1. The predicted octanol–water partition coefficient (Wildman–Crippen LogP) is 2.56. The highest BCUT2D eigenvalue weighted by Gasteiger charge is 2.27. The van der Waals surface area contributed by atoms with Crippen LogP contribution in [0.4, 0.5) is 0 Å². The highest BCUT2D eigenvalue weighted by Crippen LogP contribution is 2.33. The van der Waals surface area contributed by atoms with Gasteiger partial charge >= 0.3 is 0 Å². The van der Waals surface area contributed by atoms with E-state index in [-0.39, 0.29) is 4.90 Å². The number of nitrogens with zero attached hydrogens (tertiary/aromatic N) is 1. The Labute approximate surface area is 121 Å². The third kappa shape index (κ3) is 3.42. The van der Waals surface area contributed by atoms with E-state index in [0.717, 1.165) is 10.5 Å². The smallest absolute Gasteiger partial charge is 0.245 e. The molecule has 0 radical (unpaired) electrons. The lowest BCUT2D eigenvalue weighted by atomic mass is 10.3. The van der Waals surface area contributed by atoms with Crippen LogP contribution in [0.1, 0.15) is 18.7 Å². The van der Waals surface area contributed by atoms with E-state index in [9.17, 15) is 8.42 Å². The first kappa shape index (κ1) is 15.8. The van der Waals surface area contributed by atoms with Crippen molar-refractivity contribution >= 4 is 37.3 Å². The minimum atomic E-state index is -3.49. The lowest BCUT2D eigenvalue weighted by molar-refractivity contribution is 0.453. The molecule has 1 heterocycles. The fourth-order valence-electron chi connectivity index (χ4n) is 1.48. The Morgan fingerprint density at radius 1 is 1.61 bits per heavy atom. The van der Waals surface area contributed by atoms with Gasteiger partial charge in [-0.25, -0.2) is 8.42 Å². The molecule has 1 rings (SSSR count).